The molecule has 29 heavy (non-hydrogen) atoms. The van der Waals surface area contributed by atoms with Crippen LogP contribution in [0.4, 0.5) is 0 Å². The van der Waals surface area contributed by atoms with Gasteiger partial charge in [-0.3, -0.25) is 14.5 Å². The summed E-state index contributed by atoms with van der Waals surface area (Å²) in [5.74, 6) is 0.945. The smallest absolute Gasteiger partial charge is 0.287 e. The van der Waals surface area contributed by atoms with Gasteiger partial charge in [-0.2, -0.15) is 5.10 Å². The Morgan fingerprint density at radius 1 is 1.28 bits per heavy atom. The molecule has 2 heterocycles. The van der Waals surface area contributed by atoms with Gasteiger partial charge in [-0.05, 0) is 52.2 Å². The Morgan fingerprint density at radius 2 is 1.97 bits per heavy atom. The van der Waals surface area contributed by atoms with Crippen LogP contribution in [0.15, 0.2) is 21.7 Å². The monoisotopic (exact) mass is 516 g/mol. The highest BCUT2D eigenvalue weighted by atomic mass is 127. The van der Waals surface area contributed by atoms with E-state index in [9.17, 15) is 4.79 Å². The van der Waals surface area contributed by atoms with Crippen LogP contribution in [0.25, 0.3) is 0 Å². The lowest BCUT2D eigenvalue weighted by Gasteiger charge is -2.18. The number of rotatable bonds is 8. The predicted octanol–water partition coefficient (Wildman–Crippen LogP) is 2.47. The Kier molecular flexibility index (Phi) is 10.2. The predicted molar refractivity (Wildman–Crippen MR) is 126 cm³/mol. The van der Waals surface area contributed by atoms with E-state index in [0.717, 1.165) is 30.1 Å². The fourth-order valence-electron chi connectivity index (χ4n) is 3.08. The number of hydrogen-bond donors (Lipinski definition) is 3. The first-order valence-corrected chi connectivity index (χ1v) is 9.62. The van der Waals surface area contributed by atoms with Gasteiger partial charge in [-0.25, -0.2) is 0 Å². The van der Waals surface area contributed by atoms with Crippen LogP contribution in [-0.2, 0) is 13.5 Å². The fraction of sp³-hybridized carbons (Fsp3) is 0.550. The van der Waals surface area contributed by atoms with Gasteiger partial charge in [0, 0.05) is 44.5 Å². The molecule has 0 fully saturated rings. The van der Waals surface area contributed by atoms with E-state index in [0.29, 0.717) is 18.8 Å². The van der Waals surface area contributed by atoms with Crippen LogP contribution >= 0.6 is 24.0 Å². The standard InChI is InChI=1S/C20H32N6O2.HI/c1-13-8-11-28-18(13)19(27)22-9-7-10-23-20(21-5)24-14(2)12-17-15(3)25-26(6)16(17)4;/h8,11,14H,7,9-10,12H2,1-6H3,(H,22,27)(H2,21,23,24);1H. The molecule has 2 aromatic rings. The molecule has 2 aromatic heterocycles. The summed E-state index contributed by atoms with van der Waals surface area (Å²) in [6.45, 7) is 9.38. The van der Waals surface area contributed by atoms with Crippen molar-refractivity contribution in [2.45, 2.75) is 46.6 Å². The van der Waals surface area contributed by atoms with Crippen molar-refractivity contribution in [3.8, 4) is 0 Å². The van der Waals surface area contributed by atoms with E-state index in [1.165, 1.54) is 17.5 Å². The molecule has 1 atom stereocenters. The SMILES string of the molecule is CN=C(NCCCNC(=O)c1occc1C)NC(C)Cc1c(C)nn(C)c1C.I. The third-order valence-corrected chi connectivity index (χ3v) is 4.78. The van der Waals surface area contributed by atoms with Crippen molar-refractivity contribution in [3.05, 3.63) is 40.6 Å². The molecule has 8 nitrogen and oxygen atoms in total. The third-order valence-electron chi connectivity index (χ3n) is 4.78. The Bertz CT molecular complexity index is 827. The lowest BCUT2D eigenvalue weighted by Crippen LogP contribution is -2.44. The molecule has 1 amide bonds. The van der Waals surface area contributed by atoms with E-state index >= 15 is 0 Å². The van der Waals surface area contributed by atoms with Crippen LogP contribution in [0.3, 0.4) is 0 Å². The number of nitrogens with one attached hydrogen (secondary N) is 3. The summed E-state index contributed by atoms with van der Waals surface area (Å²) in [5.41, 5.74) is 4.37. The first kappa shape index (κ1) is 25.0. The molecule has 0 saturated heterocycles. The first-order valence-electron chi connectivity index (χ1n) is 9.62. The molecule has 162 valence electrons. The Labute approximate surface area is 189 Å². The summed E-state index contributed by atoms with van der Waals surface area (Å²) in [5, 5.41) is 14.0. The summed E-state index contributed by atoms with van der Waals surface area (Å²) in [6.07, 6.45) is 3.18. The number of carbonyl (C=O) groups excluding carboxylic acids is 1. The fourth-order valence-corrected chi connectivity index (χ4v) is 3.08. The van der Waals surface area contributed by atoms with E-state index in [1.54, 1.807) is 13.1 Å². The van der Waals surface area contributed by atoms with Gasteiger partial charge in [0.15, 0.2) is 11.7 Å². The van der Waals surface area contributed by atoms with Crippen molar-refractivity contribution in [1.82, 2.24) is 25.7 Å². The molecule has 9 heteroatoms. The number of carbonyl (C=O) groups is 1. The molecule has 0 aliphatic rings. The zero-order chi connectivity index (χ0) is 20.7. The largest absolute Gasteiger partial charge is 0.459 e. The van der Waals surface area contributed by atoms with Crippen LogP contribution in [0.2, 0.25) is 0 Å². The van der Waals surface area contributed by atoms with E-state index < -0.39 is 0 Å². The van der Waals surface area contributed by atoms with E-state index in [-0.39, 0.29) is 35.9 Å². The number of guanidine groups is 1. The van der Waals surface area contributed by atoms with Crippen LogP contribution in [0, 0.1) is 20.8 Å². The van der Waals surface area contributed by atoms with Crippen LogP contribution in [0.1, 0.15) is 46.4 Å². The Hall–Kier alpha value is -2.04. The molecule has 2 rings (SSSR count). The minimum absolute atomic E-state index is 0. The lowest BCUT2D eigenvalue weighted by molar-refractivity contribution is 0.0925. The van der Waals surface area contributed by atoms with Crippen LogP contribution in [-0.4, -0.2) is 47.8 Å². The summed E-state index contributed by atoms with van der Waals surface area (Å²) in [4.78, 5) is 16.3. The van der Waals surface area contributed by atoms with Crippen molar-refractivity contribution in [1.29, 1.82) is 0 Å². The highest BCUT2D eigenvalue weighted by Gasteiger charge is 2.14. The number of aryl methyl sites for hydroxylation is 3. The second kappa shape index (κ2) is 11.8. The number of furan rings is 1. The van der Waals surface area contributed by atoms with E-state index in [2.05, 4.69) is 39.9 Å². The van der Waals surface area contributed by atoms with Crippen LogP contribution in [0.5, 0.6) is 0 Å². The van der Waals surface area contributed by atoms with Gasteiger partial charge in [0.1, 0.15) is 0 Å². The summed E-state index contributed by atoms with van der Waals surface area (Å²) in [6, 6.07) is 2.00. The summed E-state index contributed by atoms with van der Waals surface area (Å²) >= 11 is 0. The number of nitrogens with zero attached hydrogens (tertiary/aromatic N) is 3. The maximum absolute atomic E-state index is 12.0. The molecular formula is C20H33IN6O2. The number of hydrogen-bond acceptors (Lipinski definition) is 4. The molecule has 0 saturated carbocycles. The number of aromatic nitrogens is 2. The zero-order valence-electron chi connectivity index (χ0n) is 18.1. The first-order chi connectivity index (χ1) is 13.3. The second-order valence-electron chi connectivity index (χ2n) is 7.06. The normalized spacial score (nSPS) is 12.3. The van der Waals surface area contributed by atoms with Crippen molar-refractivity contribution in [2.75, 3.05) is 20.1 Å². The van der Waals surface area contributed by atoms with Gasteiger partial charge < -0.3 is 20.4 Å². The molecule has 3 N–H and O–H groups in total. The van der Waals surface area contributed by atoms with Crippen molar-refractivity contribution in [2.24, 2.45) is 12.0 Å². The molecule has 1 unspecified atom stereocenters. The average Bonchev–Trinajstić information content (AvgIpc) is 3.18. The molecule has 0 spiro atoms. The topological polar surface area (TPSA) is 96.5 Å². The second-order valence-corrected chi connectivity index (χ2v) is 7.06. The molecule has 0 aromatic carbocycles. The average molecular weight is 516 g/mol. The molecular weight excluding hydrogens is 483 g/mol. The number of aliphatic imine (C=N–C) groups is 1. The molecule has 0 aliphatic heterocycles. The minimum atomic E-state index is -0.180. The van der Waals surface area contributed by atoms with Crippen molar-refractivity contribution in [3.63, 3.8) is 0 Å². The van der Waals surface area contributed by atoms with Crippen LogP contribution < -0.4 is 16.0 Å². The summed E-state index contributed by atoms with van der Waals surface area (Å²) < 4.78 is 7.11. The Morgan fingerprint density at radius 3 is 2.52 bits per heavy atom. The summed E-state index contributed by atoms with van der Waals surface area (Å²) in [7, 11) is 3.72. The van der Waals surface area contributed by atoms with Gasteiger partial charge in [0.25, 0.3) is 5.91 Å². The highest BCUT2D eigenvalue weighted by molar-refractivity contribution is 14.0. The zero-order valence-corrected chi connectivity index (χ0v) is 20.5. The van der Waals surface area contributed by atoms with E-state index in [4.69, 9.17) is 4.42 Å². The van der Waals surface area contributed by atoms with Crippen molar-refractivity contribution < 1.29 is 9.21 Å². The molecule has 0 bridgehead atoms. The van der Waals surface area contributed by atoms with Gasteiger partial charge >= 0.3 is 0 Å². The highest BCUT2D eigenvalue weighted by Crippen LogP contribution is 2.14. The number of halogens is 1. The maximum atomic E-state index is 12.0. The quantitative estimate of drug-likeness (QED) is 0.217. The Balaban J connectivity index is 0.00000420. The minimum Gasteiger partial charge on any atom is -0.459 e. The van der Waals surface area contributed by atoms with Gasteiger partial charge in [-0.1, -0.05) is 0 Å². The third kappa shape index (κ3) is 7.06. The van der Waals surface area contributed by atoms with Gasteiger partial charge in [-0.15, -0.1) is 24.0 Å². The maximum Gasteiger partial charge on any atom is 0.287 e. The van der Waals surface area contributed by atoms with E-state index in [1.807, 2.05) is 25.6 Å². The molecule has 0 aliphatic carbocycles. The van der Waals surface area contributed by atoms with Crippen molar-refractivity contribution >= 4 is 35.8 Å². The molecule has 0 radical (unpaired) electrons. The number of amides is 1. The van der Waals surface area contributed by atoms with Gasteiger partial charge in [0.2, 0.25) is 0 Å². The van der Waals surface area contributed by atoms with Gasteiger partial charge in [0.05, 0.1) is 12.0 Å². The lowest BCUT2D eigenvalue weighted by atomic mass is 10.1.